The van der Waals surface area contributed by atoms with Crippen molar-refractivity contribution in [2.75, 3.05) is 32.6 Å². The number of carbonyl (C=O) groups is 2. The Morgan fingerprint density at radius 2 is 1.85 bits per heavy atom. The number of hydrogen-bond donors (Lipinski definition) is 1. The average molecular weight is 391 g/mol. The van der Waals surface area contributed by atoms with Gasteiger partial charge in [0.2, 0.25) is 5.91 Å². The second kappa shape index (κ2) is 9.36. The van der Waals surface area contributed by atoms with Crippen molar-refractivity contribution in [2.24, 2.45) is 5.92 Å². The fourth-order valence-corrected chi connectivity index (χ4v) is 3.31. The Kier molecular flexibility index (Phi) is 7.18. The first-order chi connectivity index (χ1) is 12.8. The topological polar surface area (TPSA) is 80.8 Å². The Labute approximate surface area is 163 Å². The molecular formula is C19H25N3O4S. The van der Waals surface area contributed by atoms with E-state index in [4.69, 9.17) is 9.47 Å². The largest absolute Gasteiger partial charge is 0.496 e. The van der Waals surface area contributed by atoms with Crippen molar-refractivity contribution in [2.45, 2.75) is 20.8 Å². The van der Waals surface area contributed by atoms with Gasteiger partial charge in [-0.1, -0.05) is 19.9 Å². The predicted octanol–water partition coefficient (Wildman–Crippen LogP) is 3.21. The molecule has 0 saturated carbocycles. The number of amides is 2. The number of ether oxygens (including phenoxy) is 2. The molecule has 0 saturated heterocycles. The van der Waals surface area contributed by atoms with E-state index in [2.05, 4.69) is 10.3 Å². The second-order valence-electron chi connectivity index (χ2n) is 6.44. The summed E-state index contributed by atoms with van der Waals surface area (Å²) in [5, 5.41) is 3.26. The lowest BCUT2D eigenvalue weighted by Gasteiger charge is -2.25. The van der Waals surface area contributed by atoms with Crippen LogP contribution >= 0.6 is 11.3 Å². The summed E-state index contributed by atoms with van der Waals surface area (Å²) in [5.74, 6) is 0.383. The number of carbonyl (C=O) groups excluding carboxylic acids is 2. The van der Waals surface area contributed by atoms with Gasteiger partial charge in [0.25, 0.3) is 5.91 Å². The molecule has 1 heterocycles. The summed E-state index contributed by atoms with van der Waals surface area (Å²) in [6.45, 7) is 6.22. The van der Waals surface area contributed by atoms with Gasteiger partial charge in [-0.25, -0.2) is 4.98 Å². The van der Waals surface area contributed by atoms with Crippen LogP contribution in [0.25, 0.3) is 0 Å². The Morgan fingerprint density at radius 3 is 2.33 bits per heavy atom. The Morgan fingerprint density at radius 1 is 1.22 bits per heavy atom. The molecule has 146 valence electrons. The third-order valence-electron chi connectivity index (χ3n) is 3.72. The van der Waals surface area contributed by atoms with E-state index in [1.54, 1.807) is 24.4 Å². The van der Waals surface area contributed by atoms with Crippen LogP contribution in [0, 0.1) is 12.8 Å². The highest BCUT2D eigenvalue weighted by molar-refractivity contribution is 7.15. The molecule has 7 nitrogen and oxygen atoms in total. The number of benzene rings is 1. The minimum atomic E-state index is -0.316. The summed E-state index contributed by atoms with van der Waals surface area (Å²) in [4.78, 5) is 32.3. The first kappa shape index (κ1) is 20.7. The van der Waals surface area contributed by atoms with Gasteiger partial charge < -0.3 is 19.7 Å². The molecule has 1 N–H and O–H groups in total. The molecule has 0 fully saturated rings. The zero-order valence-electron chi connectivity index (χ0n) is 16.2. The third-order valence-corrected chi connectivity index (χ3v) is 4.54. The van der Waals surface area contributed by atoms with Crippen molar-refractivity contribution in [3.05, 3.63) is 34.8 Å². The fraction of sp³-hybridized carbons (Fsp3) is 0.421. The first-order valence-electron chi connectivity index (χ1n) is 8.58. The van der Waals surface area contributed by atoms with E-state index in [1.165, 1.54) is 30.5 Å². The predicted molar refractivity (Wildman–Crippen MR) is 106 cm³/mol. The maximum Gasteiger partial charge on any atom is 0.261 e. The number of anilines is 1. The summed E-state index contributed by atoms with van der Waals surface area (Å²) in [7, 11) is 2.99. The van der Waals surface area contributed by atoms with Crippen molar-refractivity contribution < 1.29 is 19.1 Å². The molecule has 0 aliphatic heterocycles. The van der Waals surface area contributed by atoms with Crippen molar-refractivity contribution in [1.82, 2.24) is 9.88 Å². The maximum atomic E-state index is 13.2. The van der Waals surface area contributed by atoms with Gasteiger partial charge in [-0.15, -0.1) is 11.3 Å². The highest BCUT2D eigenvalue weighted by Gasteiger charge is 2.26. The normalized spacial score (nSPS) is 10.6. The van der Waals surface area contributed by atoms with Crippen LogP contribution in [0.2, 0.25) is 0 Å². The van der Waals surface area contributed by atoms with E-state index in [0.29, 0.717) is 28.7 Å². The molecule has 0 unspecified atom stereocenters. The highest BCUT2D eigenvalue weighted by atomic mass is 32.1. The molecule has 0 bridgehead atoms. The molecule has 27 heavy (non-hydrogen) atoms. The Balaban J connectivity index is 2.25. The molecule has 2 aromatic rings. The van der Waals surface area contributed by atoms with E-state index >= 15 is 0 Å². The van der Waals surface area contributed by atoms with Crippen molar-refractivity contribution >= 4 is 28.3 Å². The number of thiazole rings is 1. The van der Waals surface area contributed by atoms with Crippen molar-refractivity contribution in [3.63, 3.8) is 0 Å². The van der Waals surface area contributed by atoms with Crippen LogP contribution in [-0.2, 0) is 4.79 Å². The van der Waals surface area contributed by atoms with Crippen LogP contribution in [-0.4, -0.2) is 49.0 Å². The molecule has 1 aromatic heterocycles. The summed E-state index contributed by atoms with van der Waals surface area (Å²) in [5.41, 5.74) is 0.307. The number of rotatable bonds is 8. The zero-order chi connectivity index (χ0) is 20.0. The molecule has 1 aromatic carbocycles. The van der Waals surface area contributed by atoms with E-state index in [0.717, 1.165) is 4.88 Å². The smallest absolute Gasteiger partial charge is 0.261 e. The van der Waals surface area contributed by atoms with Gasteiger partial charge in [-0.3, -0.25) is 9.59 Å². The van der Waals surface area contributed by atoms with Crippen molar-refractivity contribution in [1.29, 1.82) is 0 Å². The van der Waals surface area contributed by atoms with Crippen LogP contribution in [0.3, 0.4) is 0 Å². The van der Waals surface area contributed by atoms with Crippen molar-refractivity contribution in [3.8, 4) is 11.5 Å². The standard InChI is InChI=1S/C19H25N3O4S/c1-12(2)10-22(11-16(23)21-19-20-9-13(3)27-19)18(24)17-14(25-4)7-6-8-15(17)26-5/h6-9,12H,10-11H2,1-5H3,(H,20,21,23). The molecule has 2 rings (SSSR count). The van der Waals surface area contributed by atoms with E-state index in [9.17, 15) is 9.59 Å². The summed E-state index contributed by atoms with van der Waals surface area (Å²) < 4.78 is 10.7. The van der Waals surface area contributed by atoms with Gasteiger partial charge in [-0.05, 0) is 25.0 Å². The van der Waals surface area contributed by atoms with Crippen LogP contribution in [0.4, 0.5) is 5.13 Å². The lowest BCUT2D eigenvalue weighted by Crippen LogP contribution is -2.40. The molecule has 8 heteroatoms. The van der Waals surface area contributed by atoms with E-state index in [-0.39, 0.29) is 24.3 Å². The van der Waals surface area contributed by atoms with Crippen LogP contribution in [0.5, 0.6) is 11.5 Å². The van der Waals surface area contributed by atoms with Gasteiger partial charge >= 0.3 is 0 Å². The number of aryl methyl sites for hydroxylation is 1. The van der Waals surface area contributed by atoms with Crippen LogP contribution in [0.15, 0.2) is 24.4 Å². The summed E-state index contributed by atoms with van der Waals surface area (Å²) in [6.07, 6.45) is 1.69. The van der Waals surface area contributed by atoms with Gasteiger partial charge in [0.15, 0.2) is 5.13 Å². The zero-order valence-corrected chi connectivity index (χ0v) is 17.1. The minimum Gasteiger partial charge on any atom is -0.496 e. The molecule has 0 aliphatic carbocycles. The van der Waals surface area contributed by atoms with Crippen LogP contribution in [0.1, 0.15) is 29.1 Å². The lowest BCUT2D eigenvalue weighted by atomic mass is 10.1. The van der Waals surface area contributed by atoms with Gasteiger partial charge in [-0.2, -0.15) is 0 Å². The third kappa shape index (κ3) is 5.43. The molecule has 0 radical (unpaired) electrons. The number of aromatic nitrogens is 1. The average Bonchev–Trinajstić information content (AvgIpc) is 3.03. The monoisotopic (exact) mass is 391 g/mol. The first-order valence-corrected chi connectivity index (χ1v) is 9.39. The molecule has 2 amide bonds. The Hall–Kier alpha value is -2.61. The molecule has 0 spiro atoms. The van der Waals surface area contributed by atoms with Gasteiger partial charge in [0.05, 0.1) is 14.2 Å². The van der Waals surface area contributed by atoms with Gasteiger partial charge in [0.1, 0.15) is 23.6 Å². The summed E-state index contributed by atoms with van der Waals surface area (Å²) in [6, 6.07) is 5.14. The minimum absolute atomic E-state index is 0.0865. The Bertz CT molecular complexity index is 782. The highest BCUT2D eigenvalue weighted by Crippen LogP contribution is 2.30. The number of nitrogens with one attached hydrogen (secondary N) is 1. The molecular weight excluding hydrogens is 366 g/mol. The quantitative estimate of drug-likeness (QED) is 0.747. The summed E-state index contributed by atoms with van der Waals surface area (Å²) >= 11 is 1.39. The number of methoxy groups -OCH3 is 2. The lowest BCUT2D eigenvalue weighted by molar-refractivity contribution is -0.117. The van der Waals surface area contributed by atoms with E-state index < -0.39 is 0 Å². The maximum absolute atomic E-state index is 13.2. The number of hydrogen-bond acceptors (Lipinski definition) is 6. The molecule has 0 aliphatic rings. The SMILES string of the molecule is COc1cccc(OC)c1C(=O)N(CC(=O)Nc1ncc(C)s1)CC(C)C. The van der Waals surface area contributed by atoms with Crippen LogP contribution < -0.4 is 14.8 Å². The molecule has 0 atom stereocenters. The van der Waals surface area contributed by atoms with Gasteiger partial charge in [0, 0.05) is 17.6 Å². The van der Waals surface area contributed by atoms with E-state index in [1.807, 2.05) is 20.8 Å². The number of nitrogens with zero attached hydrogens (tertiary/aromatic N) is 2. The fourth-order valence-electron chi connectivity index (χ4n) is 2.62. The second-order valence-corrected chi connectivity index (χ2v) is 7.68.